The zero-order valence-electron chi connectivity index (χ0n) is 14.8. The van der Waals surface area contributed by atoms with Crippen molar-refractivity contribution in [3.63, 3.8) is 0 Å². The van der Waals surface area contributed by atoms with Crippen LogP contribution in [0.25, 0.3) is 11.2 Å². The van der Waals surface area contributed by atoms with Gasteiger partial charge < -0.3 is 10.4 Å². The van der Waals surface area contributed by atoms with Gasteiger partial charge in [0.1, 0.15) is 6.33 Å². The molecular formula is C20H20N6O. The van der Waals surface area contributed by atoms with Crippen molar-refractivity contribution < 1.29 is 5.11 Å². The molecule has 4 aromatic rings. The lowest BCUT2D eigenvalue weighted by Crippen LogP contribution is -2.03. The van der Waals surface area contributed by atoms with E-state index in [9.17, 15) is 0 Å². The zero-order valence-corrected chi connectivity index (χ0v) is 14.8. The van der Waals surface area contributed by atoms with Crippen LogP contribution in [0.1, 0.15) is 17.5 Å². The van der Waals surface area contributed by atoms with Gasteiger partial charge in [0.15, 0.2) is 17.0 Å². The van der Waals surface area contributed by atoms with E-state index in [1.165, 1.54) is 6.33 Å². The van der Waals surface area contributed by atoms with Crippen LogP contribution in [-0.2, 0) is 13.0 Å². The van der Waals surface area contributed by atoms with E-state index in [1.54, 1.807) is 4.68 Å². The first kappa shape index (κ1) is 17.1. The first-order valence-electron chi connectivity index (χ1n) is 8.88. The molecule has 0 radical (unpaired) electrons. The molecule has 0 amide bonds. The third-order valence-electron chi connectivity index (χ3n) is 4.29. The van der Waals surface area contributed by atoms with Gasteiger partial charge in [-0.2, -0.15) is 0 Å². The molecule has 0 atom stereocenters. The van der Waals surface area contributed by atoms with Gasteiger partial charge in [0.25, 0.3) is 0 Å². The molecule has 0 saturated carbocycles. The summed E-state index contributed by atoms with van der Waals surface area (Å²) in [6.45, 7) is 0.791. The number of aliphatic hydroxyl groups excluding tert-OH is 1. The van der Waals surface area contributed by atoms with Gasteiger partial charge >= 0.3 is 0 Å². The molecule has 0 aliphatic heterocycles. The summed E-state index contributed by atoms with van der Waals surface area (Å²) in [5.41, 5.74) is 4.53. The molecule has 136 valence electrons. The Kier molecular flexibility index (Phi) is 5.02. The molecule has 0 unspecified atom stereocenters. The topological polar surface area (TPSA) is 88.8 Å². The molecule has 0 saturated heterocycles. The summed E-state index contributed by atoms with van der Waals surface area (Å²) in [4.78, 5) is 8.69. The number of hydrogen-bond acceptors (Lipinski definition) is 6. The van der Waals surface area contributed by atoms with Crippen LogP contribution in [0.3, 0.4) is 0 Å². The van der Waals surface area contributed by atoms with Crippen molar-refractivity contribution >= 4 is 22.7 Å². The van der Waals surface area contributed by atoms with Crippen LogP contribution in [0.5, 0.6) is 0 Å². The first-order chi connectivity index (χ1) is 13.3. The average Bonchev–Trinajstić information content (AvgIpc) is 3.11. The summed E-state index contributed by atoms with van der Waals surface area (Å²) in [5, 5.41) is 20.8. The molecule has 0 aliphatic rings. The molecule has 0 fully saturated rings. The summed E-state index contributed by atoms with van der Waals surface area (Å²) in [7, 11) is 0. The van der Waals surface area contributed by atoms with Gasteiger partial charge in [-0.25, -0.2) is 14.6 Å². The average molecular weight is 360 g/mol. The van der Waals surface area contributed by atoms with E-state index in [-0.39, 0.29) is 6.61 Å². The fourth-order valence-corrected chi connectivity index (χ4v) is 2.97. The number of aromatic nitrogens is 5. The number of aliphatic hydroxyl groups is 1. The molecule has 4 rings (SSSR count). The smallest absolute Gasteiger partial charge is 0.184 e. The third kappa shape index (κ3) is 3.93. The maximum absolute atomic E-state index is 9.01. The second-order valence-corrected chi connectivity index (χ2v) is 6.28. The van der Waals surface area contributed by atoms with Gasteiger partial charge in [0, 0.05) is 12.3 Å². The van der Waals surface area contributed by atoms with E-state index in [0.717, 1.165) is 29.7 Å². The van der Waals surface area contributed by atoms with Gasteiger partial charge in [0.05, 0.1) is 6.54 Å². The van der Waals surface area contributed by atoms with E-state index in [4.69, 9.17) is 5.11 Å². The van der Waals surface area contributed by atoms with E-state index in [0.29, 0.717) is 23.5 Å². The Labute approximate surface area is 156 Å². The van der Waals surface area contributed by atoms with Crippen LogP contribution in [0.2, 0.25) is 0 Å². The second-order valence-electron chi connectivity index (χ2n) is 6.28. The molecule has 0 bridgehead atoms. The van der Waals surface area contributed by atoms with Crippen molar-refractivity contribution in [3.8, 4) is 0 Å². The number of fused-ring (bicyclic) bond motifs is 1. The minimum absolute atomic E-state index is 0.189. The van der Waals surface area contributed by atoms with E-state index in [1.807, 2.05) is 48.5 Å². The number of anilines is 2. The maximum atomic E-state index is 9.01. The summed E-state index contributed by atoms with van der Waals surface area (Å²) in [6.07, 6.45) is 3.10. The largest absolute Gasteiger partial charge is 0.396 e. The number of nitrogens with zero attached hydrogens (tertiary/aromatic N) is 5. The molecule has 2 N–H and O–H groups in total. The first-order valence-corrected chi connectivity index (χ1v) is 8.88. The highest BCUT2D eigenvalue weighted by molar-refractivity contribution is 5.84. The molecule has 7 heteroatoms. The van der Waals surface area contributed by atoms with Crippen molar-refractivity contribution in [2.75, 3.05) is 11.9 Å². The predicted molar refractivity (Wildman–Crippen MR) is 104 cm³/mol. The Morgan fingerprint density at radius 1 is 0.963 bits per heavy atom. The molecule has 7 nitrogen and oxygen atoms in total. The zero-order chi connectivity index (χ0) is 18.5. The quantitative estimate of drug-likeness (QED) is 0.527. The summed E-state index contributed by atoms with van der Waals surface area (Å²) in [5.74, 6) is 0.624. The van der Waals surface area contributed by atoms with Gasteiger partial charge in [-0.3, -0.25) is 0 Å². The number of benzene rings is 2. The van der Waals surface area contributed by atoms with Crippen molar-refractivity contribution in [3.05, 3.63) is 72.1 Å². The van der Waals surface area contributed by atoms with Crippen molar-refractivity contribution in [1.29, 1.82) is 0 Å². The minimum Gasteiger partial charge on any atom is -0.396 e. The van der Waals surface area contributed by atoms with E-state index in [2.05, 4.69) is 31.7 Å². The lowest BCUT2D eigenvalue weighted by molar-refractivity contribution is 0.288. The Morgan fingerprint density at radius 2 is 1.81 bits per heavy atom. The number of nitrogens with one attached hydrogen (secondary N) is 1. The van der Waals surface area contributed by atoms with Crippen LogP contribution in [0, 0.1) is 0 Å². The molecule has 2 aromatic heterocycles. The van der Waals surface area contributed by atoms with E-state index < -0.39 is 0 Å². The lowest BCUT2D eigenvalue weighted by atomic mass is 10.1. The maximum Gasteiger partial charge on any atom is 0.184 e. The van der Waals surface area contributed by atoms with Crippen LogP contribution in [0.4, 0.5) is 11.5 Å². The van der Waals surface area contributed by atoms with Crippen LogP contribution in [-0.4, -0.2) is 36.7 Å². The highest BCUT2D eigenvalue weighted by atomic mass is 16.2. The fraction of sp³-hybridized carbons (Fsp3) is 0.200. The molecule has 0 aliphatic carbocycles. The predicted octanol–water partition coefficient (Wildman–Crippen LogP) is 2.94. The normalized spacial score (nSPS) is 11.0. The molecule has 2 heterocycles. The standard InChI is InChI=1S/C20H20N6O/c27-11-5-9-15-8-4-10-17(12-15)23-19-18-20(22-14-21-19)26(25-24-18)13-16-6-2-1-3-7-16/h1-4,6-8,10,12,14,27H,5,9,11,13H2,(H,21,22,23). The van der Waals surface area contributed by atoms with Crippen LogP contribution >= 0.6 is 0 Å². The molecule has 2 aromatic carbocycles. The highest BCUT2D eigenvalue weighted by Gasteiger charge is 2.12. The molecule has 27 heavy (non-hydrogen) atoms. The lowest BCUT2D eigenvalue weighted by Gasteiger charge is -2.08. The van der Waals surface area contributed by atoms with Gasteiger partial charge in [-0.05, 0) is 36.1 Å². The summed E-state index contributed by atoms with van der Waals surface area (Å²) < 4.78 is 1.77. The Balaban J connectivity index is 1.60. The molecular weight excluding hydrogens is 340 g/mol. The summed E-state index contributed by atoms with van der Waals surface area (Å²) in [6, 6.07) is 18.1. The fourth-order valence-electron chi connectivity index (χ4n) is 2.97. The SMILES string of the molecule is OCCCc1cccc(Nc2ncnc3c2nnn3Cc2ccccc2)c1. The third-order valence-corrected chi connectivity index (χ3v) is 4.29. The molecule has 0 spiro atoms. The number of hydrogen-bond donors (Lipinski definition) is 2. The van der Waals surface area contributed by atoms with Crippen molar-refractivity contribution in [1.82, 2.24) is 25.0 Å². The van der Waals surface area contributed by atoms with Crippen LogP contribution in [0.15, 0.2) is 60.9 Å². The monoisotopic (exact) mass is 360 g/mol. The van der Waals surface area contributed by atoms with Crippen LogP contribution < -0.4 is 5.32 Å². The van der Waals surface area contributed by atoms with E-state index >= 15 is 0 Å². The number of aryl methyl sites for hydroxylation is 1. The second kappa shape index (κ2) is 7.92. The van der Waals surface area contributed by atoms with Crippen molar-refractivity contribution in [2.24, 2.45) is 0 Å². The summed E-state index contributed by atoms with van der Waals surface area (Å²) >= 11 is 0. The highest BCUT2D eigenvalue weighted by Crippen LogP contribution is 2.22. The number of rotatable bonds is 7. The minimum atomic E-state index is 0.189. The Bertz CT molecular complexity index is 1030. The van der Waals surface area contributed by atoms with Gasteiger partial charge in [0.2, 0.25) is 0 Å². The van der Waals surface area contributed by atoms with Crippen molar-refractivity contribution in [2.45, 2.75) is 19.4 Å². The van der Waals surface area contributed by atoms with Gasteiger partial charge in [-0.1, -0.05) is 47.7 Å². The Morgan fingerprint density at radius 3 is 2.67 bits per heavy atom. The Hall–Kier alpha value is -3.32. The van der Waals surface area contributed by atoms with Gasteiger partial charge in [-0.15, -0.1) is 5.10 Å².